The molecule has 2 aliphatic heterocycles. The van der Waals surface area contributed by atoms with Crippen molar-refractivity contribution in [1.82, 2.24) is 14.7 Å². The summed E-state index contributed by atoms with van der Waals surface area (Å²) >= 11 is 0. The first-order valence-corrected chi connectivity index (χ1v) is 8.06. The highest BCUT2D eigenvalue weighted by molar-refractivity contribution is 5.92. The van der Waals surface area contributed by atoms with Crippen molar-refractivity contribution in [3.8, 4) is 0 Å². The van der Waals surface area contributed by atoms with Gasteiger partial charge in [0.2, 0.25) is 0 Å². The zero-order chi connectivity index (χ0) is 15.9. The van der Waals surface area contributed by atoms with Crippen LogP contribution in [0.15, 0.2) is 0 Å². The van der Waals surface area contributed by atoms with E-state index in [-0.39, 0.29) is 5.60 Å². The van der Waals surface area contributed by atoms with E-state index in [0.717, 1.165) is 56.8 Å². The molecule has 22 heavy (non-hydrogen) atoms. The van der Waals surface area contributed by atoms with Crippen molar-refractivity contribution in [3.05, 3.63) is 17.0 Å². The van der Waals surface area contributed by atoms with Crippen LogP contribution < -0.4 is 5.73 Å². The first-order valence-electron chi connectivity index (χ1n) is 8.06. The van der Waals surface area contributed by atoms with Gasteiger partial charge in [-0.15, -0.1) is 0 Å². The normalized spacial score (nSPS) is 25.0. The van der Waals surface area contributed by atoms with Crippen LogP contribution in [0.1, 0.15) is 48.4 Å². The summed E-state index contributed by atoms with van der Waals surface area (Å²) < 4.78 is 7.61. The summed E-state index contributed by atoms with van der Waals surface area (Å²) in [4.78, 5) is 14.0. The first-order chi connectivity index (χ1) is 10.4. The van der Waals surface area contributed by atoms with Crippen LogP contribution in [0.25, 0.3) is 0 Å². The maximum Gasteiger partial charge on any atom is 0.269 e. The van der Waals surface area contributed by atoms with E-state index < -0.39 is 5.91 Å². The summed E-state index contributed by atoms with van der Waals surface area (Å²) in [5, 5.41) is 4.29. The molecule has 3 rings (SSSR count). The van der Waals surface area contributed by atoms with Gasteiger partial charge in [-0.2, -0.15) is 5.10 Å². The van der Waals surface area contributed by atoms with Gasteiger partial charge >= 0.3 is 0 Å². The fraction of sp³-hybridized carbons (Fsp3) is 0.750. The molecule has 1 fully saturated rings. The van der Waals surface area contributed by atoms with Crippen LogP contribution in [-0.2, 0) is 24.8 Å². The van der Waals surface area contributed by atoms with Crippen LogP contribution in [0, 0.1) is 5.92 Å². The molecule has 1 saturated heterocycles. The fourth-order valence-electron chi connectivity index (χ4n) is 3.88. The quantitative estimate of drug-likeness (QED) is 0.907. The summed E-state index contributed by atoms with van der Waals surface area (Å²) in [6.45, 7) is 8.02. The molecule has 0 unspecified atom stereocenters. The molecule has 0 radical (unpaired) electrons. The van der Waals surface area contributed by atoms with Gasteiger partial charge in [-0.3, -0.25) is 14.4 Å². The second kappa shape index (κ2) is 5.66. The molecular weight excluding hydrogens is 280 g/mol. The minimum absolute atomic E-state index is 0.0173. The summed E-state index contributed by atoms with van der Waals surface area (Å²) in [5.41, 5.74) is 8.06. The second-order valence-corrected chi connectivity index (χ2v) is 7.21. The summed E-state index contributed by atoms with van der Waals surface area (Å²) in [5.74, 6) is 0.227. The van der Waals surface area contributed by atoms with E-state index in [4.69, 9.17) is 10.5 Å². The molecule has 1 atom stereocenters. The van der Waals surface area contributed by atoms with Crippen molar-refractivity contribution in [3.63, 3.8) is 0 Å². The minimum atomic E-state index is -0.425. The molecule has 1 amide bonds. The second-order valence-electron chi connectivity index (χ2n) is 7.21. The number of rotatable bonds is 3. The molecule has 2 N–H and O–H groups in total. The summed E-state index contributed by atoms with van der Waals surface area (Å²) in [6.07, 6.45) is 3.13. The molecule has 6 heteroatoms. The topological polar surface area (TPSA) is 73.4 Å². The molecule has 6 nitrogen and oxygen atoms in total. The Labute approximate surface area is 131 Å². The van der Waals surface area contributed by atoms with E-state index in [2.05, 4.69) is 23.8 Å². The predicted octanol–water partition coefficient (Wildman–Crippen LogP) is 1.08. The van der Waals surface area contributed by atoms with Crippen molar-refractivity contribution in [2.45, 2.75) is 45.3 Å². The van der Waals surface area contributed by atoms with Crippen LogP contribution in [0.3, 0.4) is 0 Å². The number of carbonyl (C=O) groups excluding carboxylic acids is 1. The lowest BCUT2D eigenvalue weighted by atomic mass is 9.87. The molecule has 1 aromatic heterocycles. The third-order valence-corrected chi connectivity index (χ3v) is 4.87. The number of carbonyl (C=O) groups is 1. The highest BCUT2D eigenvalue weighted by Crippen LogP contribution is 2.30. The largest absolute Gasteiger partial charge is 0.376 e. The zero-order valence-electron chi connectivity index (χ0n) is 13.8. The average Bonchev–Trinajstić information content (AvgIpc) is 2.75. The number of ether oxygens (including phenoxy) is 1. The maximum absolute atomic E-state index is 11.6. The number of nitrogens with two attached hydrogens (primary N) is 1. The molecular formula is C16H26N4O2. The van der Waals surface area contributed by atoms with Gasteiger partial charge in [0.05, 0.1) is 5.60 Å². The Hall–Kier alpha value is -1.40. The third-order valence-electron chi connectivity index (χ3n) is 4.87. The third kappa shape index (κ3) is 3.03. The lowest BCUT2D eigenvalue weighted by Gasteiger charge is -2.38. The number of primary amides is 1. The van der Waals surface area contributed by atoms with Crippen molar-refractivity contribution in [2.75, 3.05) is 19.7 Å². The predicted molar refractivity (Wildman–Crippen MR) is 83.5 cm³/mol. The Morgan fingerprint density at radius 1 is 1.50 bits per heavy atom. The van der Waals surface area contributed by atoms with E-state index in [0.29, 0.717) is 11.6 Å². The molecule has 3 heterocycles. The lowest BCUT2D eigenvalue weighted by molar-refractivity contribution is -0.0773. The van der Waals surface area contributed by atoms with Crippen molar-refractivity contribution in [2.24, 2.45) is 18.7 Å². The van der Waals surface area contributed by atoms with Crippen molar-refractivity contribution >= 4 is 5.91 Å². The van der Waals surface area contributed by atoms with Crippen molar-refractivity contribution in [1.29, 1.82) is 0 Å². The zero-order valence-corrected chi connectivity index (χ0v) is 13.8. The molecule has 2 aliphatic rings. The Morgan fingerprint density at radius 3 is 2.95 bits per heavy atom. The van der Waals surface area contributed by atoms with Crippen LogP contribution >= 0.6 is 0 Å². The van der Waals surface area contributed by atoms with Gasteiger partial charge in [0, 0.05) is 51.0 Å². The molecule has 0 bridgehead atoms. The molecule has 0 aromatic carbocycles. The number of aromatic nitrogens is 2. The van der Waals surface area contributed by atoms with Gasteiger partial charge in [0.25, 0.3) is 5.91 Å². The van der Waals surface area contributed by atoms with E-state index >= 15 is 0 Å². The Kier molecular flexibility index (Phi) is 3.99. The SMILES string of the molecule is Cn1nc(C(N)=O)c2c1CCN(C[C@@H]1CCOC(C)(C)C1)C2. The molecule has 0 spiro atoms. The van der Waals surface area contributed by atoms with Crippen LogP contribution in [0.2, 0.25) is 0 Å². The van der Waals surface area contributed by atoms with E-state index in [1.807, 2.05) is 11.7 Å². The maximum atomic E-state index is 11.6. The van der Waals surface area contributed by atoms with Gasteiger partial charge in [-0.1, -0.05) is 0 Å². The number of fused-ring (bicyclic) bond motifs is 1. The fourth-order valence-corrected chi connectivity index (χ4v) is 3.88. The minimum Gasteiger partial charge on any atom is -0.376 e. The van der Waals surface area contributed by atoms with Crippen LogP contribution in [-0.4, -0.2) is 45.9 Å². The number of hydrogen-bond acceptors (Lipinski definition) is 4. The van der Waals surface area contributed by atoms with Gasteiger partial charge < -0.3 is 10.5 Å². The van der Waals surface area contributed by atoms with Crippen LogP contribution in [0.4, 0.5) is 0 Å². The molecule has 1 aromatic rings. The highest BCUT2D eigenvalue weighted by atomic mass is 16.5. The molecule has 0 saturated carbocycles. The Morgan fingerprint density at radius 2 is 2.27 bits per heavy atom. The Balaban J connectivity index is 1.70. The standard InChI is InChI=1S/C16H26N4O2/c1-16(2)8-11(5-7-22-16)9-20-6-4-13-12(10-20)14(15(17)21)18-19(13)3/h11H,4-10H2,1-3H3,(H2,17,21)/t11-/m1/s1. The van der Waals surface area contributed by atoms with Crippen LogP contribution in [0.5, 0.6) is 0 Å². The van der Waals surface area contributed by atoms with E-state index in [1.54, 1.807) is 0 Å². The number of hydrogen-bond donors (Lipinski definition) is 1. The smallest absolute Gasteiger partial charge is 0.269 e. The number of nitrogens with zero attached hydrogens (tertiary/aromatic N) is 3. The van der Waals surface area contributed by atoms with E-state index in [1.165, 1.54) is 0 Å². The summed E-state index contributed by atoms with van der Waals surface area (Å²) in [7, 11) is 1.89. The van der Waals surface area contributed by atoms with Gasteiger partial charge in [-0.05, 0) is 32.6 Å². The average molecular weight is 306 g/mol. The summed E-state index contributed by atoms with van der Waals surface area (Å²) in [6, 6.07) is 0. The van der Waals surface area contributed by atoms with Gasteiger partial charge in [0.15, 0.2) is 5.69 Å². The lowest BCUT2D eigenvalue weighted by Crippen LogP contribution is -2.41. The van der Waals surface area contributed by atoms with E-state index in [9.17, 15) is 4.79 Å². The monoisotopic (exact) mass is 306 g/mol. The van der Waals surface area contributed by atoms with Gasteiger partial charge in [-0.25, -0.2) is 0 Å². The number of aryl methyl sites for hydroxylation is 1. The highest BCUT2D eigenvalue weighted by Gasteiger charge is 2.32. The number of amides is 1. The molecule has 0 aliphatic carbocycles. The molecule has 122 valence electrons. The van der Waals surface area contributed by atoms with Gasteiger partial charge in [0.1, 0.15) is 0 Å². The van der Waals surface area contributed by atoms with Crippen molar-refractivity contribution < 1.29 is 9.53 Å². The first kappa shape index (κ1) is 15.5. The Bertz CT molecular complexity index is 579.